The average molecular weight is 520 g/mol. The summed E-state index contributed by atoms with van der Waals surface area (Å²) >= 11 is 6.52. The molecule has 0 saturated heterocycles. The minimum absolute atomic E-state index is 0.349. The number of nitrogens with zero attached hydrogens (tertiary/aromatic N) is 1. The molecule has 1 unspecified atom stereocenters. The number of halogens is 1. The predicted octanol–water partition coefficient (Wildman–Crippen LogP) is 7.18. The fraction of sp³-hybridized carbons (Fsp3) is 0.643. The molecule has 5 nitrogen and oxygen atoms in total. The molecule has 1 aliphatic carbocycles. The van der Waals surface area contributed by atoms with Crippen molar-refractivity contribution in [3.8, 4) is 17.2 Å². The van der Waals surface area contributed by atoms with Crippen molar-refractivity contribution in [1.29, 1.82) is 0 Å². The summed E-state index contributed by atoms with van der Waals surface area (Å²) in [6.45, 7) is 19.1. The first-order chi connectivity index (χ1) is 16.1. The summed E-state index contributed by atoms with van der Waals surface area (Å²) in [7, 11) is -2.18. The van der Waals surface area contributed by atoms with Gasteiger partial charge < -0.3 is 9.84 Å². The van der Waals surface area contributed by atoms with E-state index in [4.69, 9.17) is 16.3 Å². The Bertz CT molecular complexity index is 961. The molecule has 0 aromatic heterocycles. The summed E-state index contributed by atoms with van der Waals surface area (Å²) in [5.74, 6) is 2.42. The number of hydrogen-bond acceptors (Lipinski definition) is 3. The number of hydrogen-bond donors (Lipinski definition) is 1. The molecule has 1 N–H and O–H groups in total. The molecule has 0 bridgehead atoms. The van der Waals surface area contributed by atoms with E-state index in [0.29, 0.717) is 45.6 Å². The van der Waals surface area contributed by atoms with Crippen LogP contribution in [0.4, 0.5) is 5.69 Å². The van der Waals surface area contributed by atoms with Crippen molar-refractivity contribution in [2.75, 3.05) is 11.5 Å². The maximum absolute atomic E-state index is 13.7. The Morgan fingerprint density at radius 1 is 1.11 bits per heavy atom. The second kappa shape index (κ2) is 11.4. The van der Waals surface area contributed by atoms with E-state index in [1.165, 1.54) is 4.90 Å². The van der Waals surface area contributed by atoms with Crippen molar-refractivity contribution in [1.82, 2.24) is 0 Å². The van der Waals surface area contributed by atoms with Crippen molar-refractivity contribution in [2.45, 2.75) is 97.8 Å². The van der Waals surface area contributed by atoms with E-state index in [1.54, 1.807) is 18.2 Å². The van der Waals surface area contributed by atoms with Crippen LogP contribution in [-0.4, -0.2) is 37.7 Å². The van der Waals surface area contributed by atoms with Crippen LogP contribution in [0.1, 0.15) is 75.2 Å². The Hall–Kier alpha value is -1.97. The van der Waals surface area contributed by atoms with Gasteiger partial charge in [0.05, 0.1) is 11.6 Å². The van der Waals surface area contributed by atoms with Crippen LogP contribution in [0, 0.1) is 22.8 Å². The van der Waals surface area contributed by atoms with E-state index >= 15 is 0 Å². The van der Waals surface area contributed by atoms with E-state index in [2.05, 4.69) is 53.0 Å². The Labute approximate surface area is 217 Å². The van der Waals surface area contributed by atoms with Gasteiger partial charge in [-0.3, -0.25) is 9.69 Å². The molecule has 0 spiro atoms. The van der Waals surface area contributed by atoms with Crippen LogP contribution in [0.25, 0.3) is 0 Å². The Kier molecular flexibility index (Phi) is 9.52. The number of benzene rings is 1. The molecule has 194 valence electrons. The number of carboxylic acid groups (broad SMARTS) is 1. The summed E-state index contributed by atoms with van der Waals surface area (Å²) in [5, 5.41) is 10.5. The number of aliphatic carboxylic acids is 1. The number of rotatable bonds is 9. The van der Waals surface area contributed by atoms with Crippen LogP contribution in [0.2, 0.25) is 21.6 Å². The third kappa shape index (κ3) is 6.83. The van der Waals surface area contributed by atoms with Gasteiger partial charge in [0.2, 0.25) is 0 Å². The number of carbonyl (C=O) groups excluding carboxylic acids is 1. The summed E-state index contributed by atoms with van der Waals surface area (Å²) in [6, 6.07) is 3.91. The van der Waals surface area contributed by atoms with Crippen molar-refractivity contribution in [3.05, 3.63) is 23.2 Å². The standard InChI is InChI=1S/C28H42ClNO4Si/c1-18(2)35(19(3)4,20(5)6)15-14-25(31)30(26(27(32)33)28(7,8)9)22-12-13-24(23(29)16-22)34-17-21-10-11-21/h12-13,16,18-21,26H,10-11,17H2,1-9H3,(H,32,33). The van der Waals surface area contributed by atoms with E-state index in [1.807, 2.05) is 20.8 Å². The molecule has 1 fully saturated rings. The molecular weight excluding hydrogens is 478 g/mol. The lowest BCUT2D eigenvalue weighted by molar-refractivity contribution is -0.142. The second-order valence-corrected chi connectivity index (χ2v) is 17.8. The van der Waals surface area contributed by atoms with E-state index < -0.39 is 31.4 Å². The minimum atomic E-state index is -2.18. The van der Waals surface area contributed by atoms with E-state index in [0.717, 1.165) is 12.8 Å². The highest BCUT2D eigenvalue weighted by Crippen LogP contribution is 2.41. The van der Waals surface area contributed by atoms with Gasteiger partial charge in [-0.2, -0.15) is 0 Å². The molecule has 0 heterocycles. The molecule has 1 saturated carbocycles. The highest BCUT2D eigenvalue weighted by Gasteiger charge is 2.43. The number of carbonyl (C=O) groups is 2. The predicted molar refractivity (Wildman–Crippen MR) is 147 cm³/mol. The molecule has 1 aliphatic rings. The Morgan fingerprint density at radius 3 is 2.06 bits per heavy atom. The van der Waals surface area contributed by atoms with Crippen LogP contribution in [0.5, 0.6) is 5.75 Å². The van der Waals surface area contributed by atoms with Gasteiger partial charge in [-0.1, -0.05) is 73.9 Å². The van der Waals surface area contributed by atoms with Crippen LogP contribution >= 0.6 is 11.6 Å². The largest absolute Gasteiger partial charge is 0.492 e. The Balaban J connectivity index is 2.57. The van der Waals surface area contributed by atoms with Gasteiger partial charge in [0, 0.05) is 5.69 Å². The highest BCUT2D eigenvalue weighted by atomic mass is 35.5. The van der Waals surface area contributed by atoms with Gasteiger partial charge in [0.15, 0.2) is 0 Å². The molecular formula is C28H42ClNO4Si. The zero-order valence-corrected chi connectivity index (χ0v) is 24.5. The molecule has 1 aromatic carbocycles. The number of carboxylic acids is 1. The fourth-order valence-electron chi connectivity index (χ4n) is 5.16. The first-order valence-corrected chi connectivity index (χ1v) is 15.2. The maximum atomic E-state index is 13.7. The van der Waals surface area contributed by atoms with Crippen LogP contribution in [0.15, 0.2) is 18.2 Å². The average Bonchev–Trinajstić information content (AvgIpc) is 3.53. The number of amides is 1. The minimum Gasteiger partial charge on any atom is -0.492 e. The van der Waals surface area contributed by atoms with Gasteiger partial charge in [0.1, 0.15) is 19.9 Å². The molecule has 7 heteroatoms. The molecule has 2 rings (SSSR count). The third-order valence-corrected chi connectivity index (χ3v) is 13.7. The normalized spacial score (nSPS) is 15.1. The van der Waals surface area contributed by atoms with Crippen molar-refractivity contribution in [2.24, 2.45) is 11.3 Å². The summed E-state index contributed by atoms with van der Waals surface area (Å²) in [5.41, 5.74) is 4.17. The molecule has 1 aromatic rings. The number of anilines is 1. The molecule has 1 atom stereocenters. The van der Waals surface area contributed by atoms with Crippen LogP contribution in [0.3, 0.4) is 0 Å². The van der Waals surface area contributed by atoms with Crippen molar-refractivity contribution in [3.63, 3.8) is 0 Å². The highest BCUT2D eigenvalue weighted by molar-refractivity contribution is 6.90. The smallest absolute Gasteiger partial charge is 0.327 e. The molecule has 0 radical (unpaired) electrons. The SMILES string of the molecule is CC(C)[Si](C#CC(=O)N(c1ccc(OCC2CC2)c(Cl)c1)C(C(=O)O)C(C)(C)C)(C(C)C)C(C)C. The molecule has 1 amide bonds. The summed E-state index contributed by atoms with van der Waals surface area (Å²) in [4.78, 5) is 27.4. The second-order valence-electron chi connectivity index (χ2n) is 11.8. The van der Waals surface area contributed by atoms with Crippen LogP contribution < -0.4 is 9.64 Å². The van der Waals surface area contributed by atoms with Crippen LogP contribution in [-0.2, 0) is 9.59 Å². The lowest BCUT2D eigenvalue weighted by Gasteiger charge is -2.38. The summed E-state index contributed by atoms with van der Waals surface area (Å²) in [6.07, 6.45) is 2.33. The molecule has 35 heavy (non-hydrogen) atoms. The monoisotopic (exact) mass is 519 g/mol. The Morgan fingerprint density at radius 2 is 1.66 bits per heavy atom. The first kappa shape index (κ1) is 29.3. The maximum Gasteiger partial charge on any atom is 0.327 e. The number of ether oxygens (including phenoxy) is 1. The summed E-state index contributed by atoms with van der Waals surface area (Å²) < 4.78 is 5.83. The van der Waals surface area contributed by atoms with Crippen molar-refractivity contribution < 1.29 is 19.4 Å². The lowest BCUT2D eigenvalue weighted by Crippen LogP contribution is -2.52. The lowest BCUT2D eigenvalue weighted by atomic mass is 9.85. The van der Waals surface area contributed by atoms with Crippen molar-refractivity contribution >= 4 is 37.2 Å². The fourth-order valence-corrected chi connectivity index (χ4v) is 10.6. The zero-order chi connectivity index (χ0) is 26.7. The van der Waals surface area contributed by atoms with Gasteiger partial charge in [-0.05, 0) is 64.9 Å². The molecule has 0 aliphatic heterocycles. The zero-order valence-electron chi connectivity index (χ0n) is 22.7. The van der Waals surface area contributed by atoms with E-state index in [9.17, 15) is 14.7 Å². The van der Waals surface area contributed by atoms with Gasteiger partial charge >= 0.3 is 11.9 Å². The van der Waals surface area contributed by atoms with Gasteiger partial charge in [0.25, 0.3) is 0 Å². The van der Waals surface area contributed by atoms with Gasteiger partial charge in [-0.15, -0.1) is 5.54 Å². The quantitative estimate of drug-likeness (QED) is 0.277. The third-order valence-electron chi connectivity index (χ3n) is 7.15. The van der Waals surface area contributed by atoms with Gasteiger partial charge in [-0.25, -0.2) is 4.79 Å². The van der Waals surface area contributed by atoms with E-state index in [-0.39, 0.29) is 0 Å². The first-order valence-electron chi connectivity index (χ1n) is 12.6. The topological polar surface area (TPSA) is 66.8 Å².